The van der Waals surface area contributed by atoms with Crippen LogP contribution in [0.1, 0.15) is 30.9 Å². The fourth-order valence-corrected chi connectivity index (χ4v) is 2.54. The number of hydrogen-bond acceptors (Lipinski definition) is 4. The SMILES string of the molecule is COCCc1ccccc1Nc1ncnc(Cl)c1C(C)C. The molecule has 0 amide bonds. The molecule has 0 atom stereocenters. The minimum absolute atomic E-state index is 0.243. The summed E-state index contributed by atoms with van der Waals surface area (Å²) in [5.74, 6) is 1.00. The summed E-state index contributed by atoms with van der Waals surface area (Å²) in [4.78, 5) is 8.41. The predicted octanol–water partition coefficient (Wildman–Crippen LogP) is 4.19. The van der Waals surface area contributed by atoms with Gasteiger partial charge in [0.2, 0.25) is 0 Å². The molecule has 0 radical (unpaired) electrons. The van der Waals surface area contributed by atoms with Gasteiger partial charge in [-0.3, -0.25) is 0 Å². The van der Waals surface area contributed by atoms with Crippen LogP contribution in [0.15, 0.2) is 30.6 Å². The summed E-state index contributed by atoms with van der Waals surface area (Å²) < 4.78 is 5.16. The van der Waals surface area contributed by atoms with E-state index in [1.54, 1.807) is 7.11 Å². The van der Waals surface area contributed by atoms with Gasteiger partial charge in [-0.2, -0.15) is 0 Å². The van der Waals surface area contributed by atoms with Gasteiger partial charge in [-0.25, -0.2) is 9.97 Å². The Kier molecular flexibility index (Phi) is 5.53. The molecule has 1 aromatic carbocycles. The first-order valence-corrected chi connectivity index (χ1v) is 7.35. The van der Waals surface area contributed by atoms with Crippen molar-refractivity contribution in [3.05, 3.63) is 46.9 Å². The lowest BCUT2D eigenvalue weighted by molar-refractivity contribution is 0.202. The molecule has 1 heterocycles. The van der Waals surface area contributed by atoms with Gasteiger partial charge in [0.25, 0.3) is 0 Å². The van der Waals surface area contributed by atoms with Crippen LogP contribution in [0, 0.1) is 0 Å². The molecular formula is C16H20ClN3O. The van der Waals surface area contributed by atoms with Crippen LogP contribution in [0.2, 0.25) is 5.15 Å². The first kappa shape index (κ1) is 15.7. The number of rotatable bonds is 6. The number of ether oxygens (including phenoxy) is 1. The van der Waals surface area contributed by atoms with Crippen molar-refractivity contribution in [1.29, 1.82) is 0 Å². The molecule has 4 nitrogen and oxygen atoms in total. The topological polar surface area (TPSA) is 47.0 Å². The molecule has 2 rings (SSSR count). The summed E-state index contributed by atoms with van der Waals surface area (Å²) in [5.41, 5.74) is 3.13. The van der Waals surface area contributed by atoms with Crippen molar-refractivity contribution in [3.8, 4) is 0 Å². The summed E-state index contributed by atoms with van der Waals surface area (Å²) in [7, 11) is 1.71. The smallest absolute Gasteiger partial charge is 0.138 e. The van der Waals surface area contributed by atoms with E-state index in [1.807, 2.05) is 18.2 Å². The predicted molar refractivity (Wildman–Crippen MR) is 86.4 cm³/mol. The van der Waals surface area contributed by atoms with E-state index in [0.29, 0.717) is 11.8 Å². The Labute approximate surface area is 130 Å². The van der Waals surface area contributed by atoms with Gasteiger partial charge < -0.3 is 10.1 Å². The van der Waals surface area contributed by atoms with Crippen molar-refractivity contribution in [2.45, 2.75) is 26.2 Å². The molecule has 0 aliphatic heterocycles. The van der Waals surface area contributed by atoms with Gasteiger partial charge >= 0.3 is 0 Å². The highest BCUT2D eigenvalue weighted by molar-refractivity contribution is 6.30. The Bertz CT molecular complexity index is 602. The van der Waals surface area contributed by atoms with Crippen LogP contribution in [0.4, 0.5) is 11.5 Å². The number of hydrogen-bond donors (Lipinski definition) is 1. The number of anilines is 2. The van der Waals surface area contributed by atoms with E-state index in [9.17, 15) is 0 Å². The molecule has 0 unspecified atom stereocenters. The van der Waals surface area contributed by atoms with E-state index in [2.05, 4.69) is 35.2 Å². The molecule has 0 aliphatic carbocycles. The number of para-hydroxylation sites is 1. The first-order chi connectivity index (χ1) is 10.1. The van der Waals surface area contributed by atoms with E-state index in [1.165, 1.54) is 11.9 Å². The van der Waals surface area contributed by atoms with Crippen LogP contribution < -0.4 is 5.32 Å². The second kappa shape index (κ2) is 7.38. The zero-order valence-corrected chi connectivity index (χ0v) is 13.3. The average molecular weight is 306 g/mol. The molecule has 21 heavy (non-hydrogen) atoms. The molecule has 0 aliphatic rings. The molecule has 2 aromatic rings. The fourth-order valence-electron chi connectivity index (χ4n) is 2.19. The highest BCUT2D eigenvalue weighted by Crippen LogP contribution is 2.30. The largest absolute Gasteiger partial charge is 0.384 e. The van der Waals surface area contributed by atoms with Crippen LogP contribution >= 0.6 is 11.6 Å². The summed E-state index contributed by atoms with van der Waals surface area (Å²) >= 11 is 6.20. The number of methoxy groups -OCH3 is 1. The second-order valence-corrected chi connectivity index (χ2v) is 5.46. The lowest BCUT2D eigenvalue weighted by atomic mass is 10.1. The van der Waals surface area contributed by atoms with Gasteiger partial charge in [0.15, 0.2) is 0 Å². The normalized spacial score (nSPS) is 10.9. The zero-order valence-electron chi connectivity index (χ0n) is 12.6. The number of nitrogens with one attached hydrogen (secondary N) is 1. The lowest BCUT2D eigenvalue weighted by Crippen LogP contribution is -2.05. The molecular weight excluding hydrogens is 286 g/mol. The highest BCUT2D eigenvalue weighted by Gasteiger charge is 2.14. The van der Waals surface area contributed by atoms with Crippen LogP contribution in [-0.4, -0.2) is 23.7 Å². The summed E-state index contributed by atoms with van der Waals surface area (Å²) in [6, 6.07) is 8.13. The number of aromatic nitrogens is 2. The standard InChI is InChI=1S/C16H20ClN3O/c1-11(2)14-15(17)18-10-19-16(14)20-13-7-5-4-6-12(13)8-9-21-3/h4-7,10-11H,8-9H2,1-3H3,(H,18,19,20). The quantitative estimate of drug-likeness (QED) is 0.813. The molecule has 0 fully saturated rings. The van der Waals surface area contributed by atoms with Crippen LogP contribution in [0.5, 0.6) is 0 Å². The molecule has 0 spiro atoms. The number of benzene rings is 1. The van der Waals surface area contributed by atoms with Crippen molar-refractivity contribution in [2.24, 2.45) is 0 Å². The minimum Gasteiger partial charge on any atom is -0.384 e. The molecule has 0 saturated carbocycles. The van der Waals surface area contributed by atoms with Crippen LogP contribution in [0.3, 0.4) is 0 Å². The average Bonchev–Trinajstić information content (AvgIpc) is 2.46. The first-order valence-electron chi connectivity index (χ1n) is 6.97. The Morgan fingerprint density at radius 1 is 1.24 bits per heavy atom. The third-order valence-corrected chi connectivity index (χ3v) is 3.56. The van der Waals surface area contributed by atoms with E-state index in [-0.39, 0.29) is 5.92 Å². The molecule has 5 heteroatoms. The molecule has 0 saturated heterocycles. The maximum Gasteiger partial charge on any atom is 0.138 e. The van der Waals surface area contributed by atoms with Crippen LogP contribution in [0.25, 0.3) is 0 Å². The molecule has 0 bridgehead atoms. The fraction of sp³-hybridized carbons (Fsp3) is 0.375. The Morgan fingerprint density at radius 2 is 2.00 bits per heavy atom. The van der Waals surface area contributed by atoms with E-state index < -0.39 is 0 Å². The summed E-state index contributed by atoms with van der Waals surface area (Å²) in [5, 5.41) is 3.88. The van der Waals surface area contributed by atoms with Crippen molar-refractivity contribution < 1.29 is 4.74 Å². The van der Waals surface area contributed by atoms with Gasteiger partial charge in [-0.05, 0) is 24.0 Å². The van der Waals surface area contributed by atoms with Gasteiger partial charge in [-0.15, -0.1) is 0 Å². The molecule has 1 N–H and O–H groups in total. The van der Waals surface area contributed by atoms with E-state index in [4.69, 9.17) is 16.3 Å². The van der Waals surface area contributed by atoms with E-state index in [0.717, 1.165) is 23.5 Å². The van der Waals surface area contributed by atoms with E-state index >= 15 is 0 Å². The van der Waals surface area contributed by atoms with Gasteiger partial charge in [0.1, 0.15) is 17.3 Å². The maximum atomic E-state index is 6.20. The van der Waals surface area contributed by atoms with Gasteiger partial charge in [0.05, 0.1) is 6.61 Å². The monoisotopic (exact) mass is 305 g/mol. The Hall–Kier alpha value is -1.65. The lowest BCUT2D eigenvalue weighted by Gasteiger charge is -2.16. The Balaban J connectivity index is 2.32. The maximum absolute atomic E-state index is 6.20. The van der Waals surface area contributed by atoms with Crippen molar-refractivity contribution in [3.63, 3.8) is 0 Å². The van der Waals surface area contributed by atoms with Crippen molar-refractivity contribution in [2.75, 3.05) is 19.0 Å². The van der Waals surface area contributed by atoms with Crippen LogP contribution in [-0.2, 0) is 11.2 Å². The molecule has 112 valence electrons. The van der Waals surface area contributed by atoms with Crippen molar-refractivity contribution in [1.82, 2.24) is 9.97 Å². The highest BCUT2D eigenvalue weighted by atomic mass is 35.5. The number of nitrogens with zero attached hydrogens (tertiary/aromatic N) is 2. The third kappa shape index (κ3) is 3.93. The summed E-state index contributed by atoms with van der Waals surface area (Å²) in [6.07, 6.45) is 2.32. The minimum atomic E-state index is 0.243. The van der Waals surface area contributed by atoms with Gasteiger partial charge in [0, 0.05) is 18.4 Å². The molecule has 1 aromatic heterocycles. The summed E-state index contributed by atoms with van der Waals surface area (Å²) in [6.45, 7) is 4.83. The number of halogens is 1. The Morgan fingerprint density at radius 3 is 2.71 bits per heavy atom. The van der Waals surface area contributed by atoms with Gasteiger partial charge in [-0.1, -0.05) is 43.6 Å². The van der Waals surface area contributed by atoms with Crippen molar-refractivity contribution >= 4 is 23.1 Å². The second-order valence-electron chi connectivity index (χ2n) is 5.11. The third-order valence-electron chi connectivity index (χ3n) is 3.26. The zero-order chi connectivity index (χ0) is 15.2.